The SMILES string of the molecule is CCSc1nnc(NC(=O)c2snnc2C)s1. The Hall–Kier alpha value is -1.06. The van der Waals surface area contributed by atoms with Crippen LogP contribution in [0.5, 0.6) is 0 Å². The van der Waals surface area contributed by atoms with Crippen molar-refractivity contribution in [3.05, 3.63) is 10.6 Å². The smallest absolute Gasteiger partial charge is 0.271 e. The van der Waals surface area contributed by atoms with E-state index in [2.05, 4.69) is 25.1 Å². The Morgan fingerprint density at radius 2 is 2.24 bits per heavy atom. The van der Waals surface area contributed by atoms with E-state index < -0.39 is 0 Å². The molecule has 2 aromatic heterocycles. The van der Waals surface area contributed by atoms with Gasteiger partial charge in [0.15, 0.2) is 4.34 Å². The van der Waals surface area contributed by atoms with Crippen LogP contribution < -0.4 is 5.32 Å². The second kappa shape index (κ2) is 5.52. The van der Waals surface area contributed by atoms with E-state index in [0.717, 1.165) is 21.6 Å². The third kappa shape index (κ3) is 2.99. The van der Waals surface area contributed by atoms with Gasteiger partial charge in [0.25, 0.3) is 5.91 Å². The van der Waals surface area contributed by atoms with E-state index in [4.69, 9.17) is 0 Å². The third-order valence-corrected chi connectivity index (χ3v) is 4.43. The number of hydrogen-bond donors (Lipinski definition) is 1. The van der Waals surface area contributed by atoms with Crippen molar-refractivity contribution in [2.45, 2.75) is 18.2 Å². The van der Waals surface area contributed by atoms with Gasteiger partial charge >= 0.3 is 0 Å². The van der Waals surface area contributed by atoms with Crippen LogP contribution in [-0.2, 0) is 0 Å². The molecule has 0 fully saturated rings. The number of nitrogens with zero attached hydrogens (tertiary/aromatic N) is 4. The number of carbonyl (C=O) groups is 1. The van der Waals surface area contributed by atoms with Crippen molar-refractivity contribution in [2.75, 3.05) is 11.1 Å². The zero-order chi connectivity index (χ0) is 12.3. The van der Waals surface area contributed by atoms with E-state index in [9.17, 15) is 4.79 Å². The Kier molecular flexibility index (Phi) is 4.02. The summed E-state index contributed by atoms with van der Waals surface area (Å²) in [5.41, 5.74) is 0.625. The fourth-order valence-corrected chi connectivity index (χ4v) is 3.23. The van der Waals surface area contributed by atoms with Crippen LogP contribution in [-0.4, -0.2) is 31.4 Å². The summed E-state index contributed by atoms with van der Waals surface area (Å²) in [6, 6.07) is 0. The van der Waals surface area contributed by atoms with Crippen LogP contribution in [0.15, 0.2) is 4.34 Å². The van der Waals surface area contributed by atoms with Gasteiger partial charge < -0.3 is 0 Å². The molecule has 0 aromatic carbocycles. The average Bonchev–Trinajstić information content (AvgIpc) is 2.88. The fraction of sp³-hybridized carbons (Fsp3) is 0.375. The Labute approximate surface area is 110 Å². The van der Waals surface area contributed by atoms with Gasteiger partial charge in [-0.1, -0.05) is 34.5 Å². The van der Waals surface area contributed by atoms with Crippen LogP contribution in [0, 0.1) is 6.92 Å². The summed E-state index contributed by atoms with van der Waals surface area (Å²) in [4.78, 5) is 12.3. The van der Waals surface area contributed by atoms with Crippen LogP contribution in [0.1, 0.15) is 22.3 Å². The molecule has 0 radical (unpaired) electrons. The molecule has 0 spiro atoms. The van der Waals surface area contributed by atoms with Crippen molar-refractivity contribution in [1.82, 2.24) is 19.8 Å². The van der Waals surface area contributed by atoms with Gasteiger partial charge in [-0.15, -0.1) is 15.3 Å². The molecule has 17 heavy (non-hydrogen) atoms. The number of aryl methyl sites for hydroxylation is 1. The van der Waals surface area contributed by atoms with Gasteiger partial charge in [0.1, 0.15) is 4.88 Å². The van der Waals surface area contributed by atoms with E-state index in [1.165, 1.54) is 11.3 Å². The molecule has 2 rings (SSSR count). The number of hydrogen-bond acceptors (Lipinski definition) is 8. The number of anilines is 1. The number of nitrogens with one attached hydrogen (secondary N) is 1. The highest BCUT2D eigenvalue weighted by atomic mass is 32.2. The molecule has 2 heterocycles. The largest absolute Gasteiger partial charge is 0.296 e. The molecule has 0 aliphatic heterocycles. The van der Waals surface area contributed by atoms with Gasteiger partial charge in [0.05, 0.1) is 5.69 Å². The summed E-state index contributed by atoms with van der Waals surface area (Å²) in [7, 11) is 0. The summed E-state index contributed by atoms with van der Waals surface area (Å²) < 4.78 is 4.56. The van der Waals surface area contributed by atoms with Crippen LogP contribution in [0.4, 0.5) is 5.13 Å². The highest BCUT2D eigenvalue weighted by Gasteiger charge is 2.15. The van der Waals surface area contributed by atoms with E-state index in [1.807, 2.05) is 6.92 Å². The average molecular weight is 287 g/mol. The third-order valence-electron chi connectivity index (χ3n) is 1.75. The first-order valence-electron chi connectivity index (χ1n) is 4.77. The maximum Gasteiger partial charge on any atom is 0.271 e. The number of amides is 1. The highest BCUT2D eigenvalue weighted by molar-refractivity contribution is 8.01. The van der Waals surface area contributed by atoms with Gasteiger partial charge in [-0.2, -0.15) is 0 Å². The molecule has 2 aromatic rings. The quantitative estimate of drug-likeness (QED) is 0.685. The summed E-state index contributed by atoms with van der Waals surface area (Å²) in [6.45, 7) is 3.79. The van der Waals surface area contributed by atoms with Crippen molar-refractivity contribution in [2.24, 2.45) is 0 Å². The van der Waals surface area contributed by atoms with Gasteiger partial charge in [0.2, 0.25) is 5.13 Å². The number of thioether (sulfide) groups is 1. The second-order valence-corrected chi connectivity index (χ2v) is 6.19. The van der Waals surface area contributed by atoms with E-state index >= 15 is 0 Å². The number of aromatic nitrogens is 4. The monoisotopic (exact) mass is 287 g/mol. The minimum atomic E-state index is -0.235. The maximum absolute atomic E-state index is 11.8. The molecule has 0 saturated heterocycles. The first-order valence-corrected chi connectivity index (χ1v) is 7.35. The van der Waals surface area contributed by atoms with Crippen LogP contribution in [0.3, 0.4) is 0 Å². The van der Waals surface area contributed by atoms with Crippen molar-refractivity contribution in [3.8, 4) is 0 Å². The number of rotatable bonds is 4. The van der Waals surface area contributed by atoms with Crippen molar-refractivity contribution >= 4 is 45.7 Å². The van der Waals surface area contributed by atoms with Crippen molar-refractivity contribution in [1.29, 1.82) is 0 Å². The molecule has 6 nitrogen and oxygen atoms in total. The molecule has 1 amide bonds. The zero-order valence-electron chi connectivity index (χ0n) is 9.13. The lowest BCUT2D eigenvalue weighted by Gasteiger charge is -1.96. The topological polar surface area (TPSA) is 80.7 Å². The van der Waals surface area contributed by atoms with E-state index in [0.29, 0.717) is 15.7 Å². The van der Waals surface area contributed by atoms with Gasteiger partial charge in [0, 0.05) is 0 Å². The zero-order valence-corrected chi connectivity index (χ0v) is 11.6. The van der Waals surface area contributed by atoms with Crippen molar-refractivity contribution < 1.29 is 4.79 Å². The van der Waals surface area contributed by atoms with Crippen LogP contribution >= 0.6 is 34.6 Å². The molecular formula is C8H9N5OS3. The van der Waals surface area contributed by atoms with Gasteiger partial charge in [-0.05, 0) is 24.2 Å². The summed E-state index contributed by atoms with van der Waals surface area (Å²) in [6.07, 6.45) is 0. The first kappa shape index (κ1) is 12.4. The molecule has 0 bridgehead atoms. The lowest BCUT2D eigenvalue weighted by Crippen LogP contribution is -2.11. The van der Waals surface area contributed by atoms with E-state index in [1.54, 1.807) is 18.7 Å². The predicted molar refractivity (Wildman–Crippen MR) is 68.9 cm³/mol. The van der Waals surface area contributed by atoms with Crippen molar-refractivity contribution in [3.63, 3.8) is 0 Å². The molecule has 0 atom stereocenters. The van der Waals surface area contributed by atoms with E-state index in [-0.39, 0.29) is 5.91 Å². The molecule has 9 heteroatoms. The van der Waals surface area contributed by atoms with Gasteiger partial charge in [-0.25, -0.2) is 0 Å². The second-order valence-electron chi connectivity index (χ2n) is 2.95. The lowest BCUT2D eigenvalue weighted by molar-refractivity contribution is 0.102. The minimum Gasteiger partial charge on any atom is -0.296 e. The Morgan fingerprint density at radius 3 is 2.88 bits per heavy atom. The summed E-state index contributed by atoms with van der Waals surface area (Å²) >= 11 is 4.03. The molecule has 90 valence electrons. The molecule has 0 unspecified atom stereocenters. The molecule has 0 aliphatic rings. The molecular weight excluding hydrogens is 278 g/mol. The summed E-state index contributed by atoms with van der Waals surface area (Å²) in [5.74, 6) is 0.696. The highest BCUT2D eigenvalue weighted by Crippen LogP contribution is 2.25. The number of carbonyl (C=O) groups excluding carboxylic acids is 1. The molecule has 1 N–H and O–H groups in total. The lowest BCUT2D eigenvalue weighted by atomic mass is 10.4. The van der Waals surface area contributed by atoms with Gasteiger partial charge in [-0.3, -0.25) is 10.1 Å². The van der Waals surface area contributed by atoms with Crippen LogP contribution in [0.2, 0.25) is 0 Å². The molecule has 0 aliphatic carbocycles. The maximum atomic E-state index is 11.8. The Balaban J connectivity index is 2.05. The Bertz CT molecular complexity index is 523. The minimum absolute atomic E-state index is 0.235. The normalized spacial score (nSPS) is 10.5. The summed E-state index contributed by atoms with van der Waals surface area (Å²) in [5, 5.41) is 14.8. The van der Waals surface area contributed by atoms with Crippen LogP contribution in [0.25, 0.3) is 0 Å². The fourth-order valence-electron chi connectivity index (χ4n) is 1.04. The first-order chi connectivity index (χ1) is 8.20. The molecule has 0 saturated carbocycles. The standard InChI is InChI=1S/C8H9N5OS3/c1-3-15-8-12-11-7(16-8)9-6(14)5-4(2)10-13-17-5/h3H2,1-2H3,(H,9,11,14). The Morgan fingerprint density at radius 1 is 1.41 bits per heavy atom. The predicted octanol–water partition coefficient (Wildman–Crippen LogP) is 2.06.